The summed E-state index contributed by atoms with van der Waals surface area (Å²) in [7, 11) is 1.55. The van der Waals surface area contributed by atoms with Crippen molar-refractivity contribution in [2.45, 2.75) is 23.7 Å². The largest absolute Gasteiger partial charge is 0.357 e. The molecule has 9 heteroatoms. The van der Waals surface area contributed by atoms with Crippen LogP contribution in [-0.2, 0) is 16.0 Å². The van der Waals surface area contributed by atoms with Crippen molar-refractivity contribution in [2.75, 3.05) is 12.8 Å². The topological polar surface area (TPSA) is 110 Å². The normalized spacial score (nSPS) is 16.6. The Morgan fingerprint density at radius 2 is 2.04 bits per heavy atom. The smallest absolute Gasteiger partial charge is 0.265 e. The van der Waals surface area contributed by atoms with Crippen molar-refractivity contribution in [3.8, 4) is 0 Å². The van der Waals surface area contributed by atoms with Crippen LogP contribution >= 0.6 is 11.8 Å². The molecule has 2 atom stereocenters. The second-order valence-electron chi connectivity index (χ2n) is 5.95. The molecular formula is C18H22N6O2S. The van der Waals surface area contributed by atoms with Crippen molar-refractivity contribution in [1.29, 1.82) is 0 Å². The van der Waals surface area contributed by atoms with E-state index in [4.69, 9.17) is 0 Å². The average molecular weight is 386 g/mol. The Bertz CT molecular complexity index is 793. The molecule has 0 saturated carbocycles. The zero-order valence-electron chi connectivity index (χ0n) is 14.9. The molecule has 2 amide bonds. The third-order valence-electron chi connectivity index (χ3n) is 3.97. The van der Waals surface area contributed by atoms with Crippen LogP contribution in [0.5, 0.6) is 0 Å². The highest BCUT2D eigenvalue weighted by molar-refractivity contribution is 7.99. The fourth-order valence-corrected chi connectivity index (χ4v) is 3.47. The van der Waals surface area contributed by atoms with Gasteiger partial charge in [-0.3, -0.25) is 15.0 Å². The summed E-state index contributed by atoms with van der Waals surface area (Å²) in [4.78, 5) is 27.7. The number of hydrogen-bond acceptors (Lipinski definition) is 6. The summed E-state index contributed by atoms with van der Waals surface area (Å²) in [6.45, 7) is 0. The van der Waals surface area contributed by atoms with Crippen molar-refractivity contribution in [2.24, 2.45) is 5.10 Å². The summed E-state index contributed by atoms with van der Waals surface area (Å²) in [6, 6.07) is 13.0. The number of aromatic nitrogens is 1. The van der Waals surface area contributed by atoms with Crippen LogP contribution in [-0.4, -0.2) is 47.6 Å². The van der Waals surface area contributed by atoms with Crippen LogP contribution < -0.4 is 21.4 Å². The lowest BCUT2D eigenvalue weighted by molar-refractivity contribution is -0.129. The van der Waals surface area contributed by atoms with Crippen LogP contribution in [0.1, 0.15) is 5.56 Å². The molecule has 0 radical (unpaired) electrons. The second-order valence-corrected chi connectivity index (χ2v) is 7.01. The lowest BCUT2D eigenvalue weighted by Crippen LogP contribution is -2.55. The molecule has 1 unspecified atom stereocenters. The highest BCUT2D eigenvalue weighted by Crippen LogP contribution is 2.16. The molecule has 2 aromatic rings. The summed E-state index contributed by atoms with van der Waals surface area (Å²) in [5, 5.41) is 13.5. The maximum atomic E-state index is 12.5. The number of nitrogens with one attached hydrogen (secondary N) is 5. The van der Waals surface area contributed by atoms with Crippen LogP contribution in [0.15, 0.2) is 58.8 Å². The van der Waals surface area contributed by atoms with E-state index >= 15 is 0 Å². The first-order valence-electron chi connectivity index (χ1n) is 8.56. The van der Waals surface area contributed by atoms with E-state index < -0.39 is 12.2 Å². The van der Waals surface area contributed by atoms with Gasteiger partial charge >= 0.3 is 0 Å². The third kappa shape index (κ3) is 5.27. The lowest BCUT2D eigenvalue weighted by atomic mass is 10.1. The Hall–Kier alpha value is -2.94. The number of hydrazone groups is 1. The average Bonchev–Trinajstić information content (AvgIpc) is 3.37. The minimum absolute atomic E-state index is 0.245. The monoisotopic (exact) mass is 386 g/mol. The van der Waals surface area contributed by atoms with E-state index in [9.17, 15) is 9.59 Å². The molecule has 2 heterocycles. The fourth-order valence-electron chi connectivity index (χ4n) is 2.57. The van der Waals surface area contributed by atoms with Crippen LogP contribution in [0.2, 0.25) is 0 Å². The van der Waals surface area contributed by atoms with Crippen molar-refractivity contribution < 1.29 is 9.59 Å². The van der Waals surface area contributed by atoms with Crippen LogP contribution in [0.4, 0.5) is 0 Å². The van der Waals surface area contributed by atoms with Crippen molar-refractivity contribution in [3.63, 3.8) is 0 Å². The molecule has 0 saturated heterocycles. The number of rotatable bonds is 8. The zero-order valence-corrected chi connectivity index (χ0v) is 15.7. The Morgan fingerprint density at radius 1 is 1.22 bits per heavy atom. The van der Waals surface area contributed by atoms with E-state index in [0.717, 1.165) is 10.6 Å². The molecule has 1 aromatic heterocycles. The fraction of sp³-hybridized carbons (Fsp3) is 0.278. The molecule has 142 valence electrons. The predicted octanol–water partition coefficient (Wildman–Crippen LogP) is 0.413. The SMILES string of the molecule is CNC(=O)[C@H](CSc1ccc[nH]1)NC(=O)C1NN=C(Cc2ccccc2)N1. The number of hydrogen-bond donors (Lipinski definition) is 5. The predicted molar refractivity (Wildman–Crippen MR) is 105 cm³/mol. The molecule has 5 N–H and O–H groups in total. The number of nitrogens with zero attached hydrogens (tertiary/aromatic N) is 1. The third-order valence-corrected chi connectivity index (χ3v) is 5.04. The molecule has 8 nitrogen and oxygen atoms in total. The summed E-state index contributed by atoms with van der Waals surface area (Å²) in [6.07, 6.45) is 1.71. The van der Waals surface area contributed by atoms with E-state index in [1.165, 1.54) is 11.8 Å². The number of carbonyl (C=O) groups is 2. The van der Waals surface area contributed by atoms with Crippen molar-refractivity contribution in [1.82, 2.24) is 26.4 Å². The first-order chi connectivity index (χ1) is 13.2. The maximum absolute atomic E-state index is 12.5. The first kappa shape index (κ1) is 18.8. The van der Waals surface area contributed by atoms with Crippen LogP contribution in [0, 0.1) is 0 Å². The molecule has 1 aliphatic heterocycles. The van der Waals surface area contributed by atoms with Gasteiger partial charge in [0.05, 0.1) is 5.03 Å². The molecule has 0 aliphatic carbocycles. The molecule has 27 heavy (non-hydrogen) atoms. The van der Waals surface area contributed by atoms with Crippen LogP contribution in [0.25, 0.3) is 0 Å². The standard InChI is InChI=1S/C18H22N6O2S/c1-19-17(25)13(11-27-15-8-5-9-20-15)21-18(26)16-22-14(23-24-16)10-12-6-3-2-4-7-12/h2-9,13,16,20,24H,10-11H2,1H3,(H,19,25)(H,21,26)(H,22,23)/t13-,16?/m0/s1. The van der Waals surface area contributed by atoms with Crippen molar-refractivity contribution in [3.05, 3.63) is 54.2 Å². The van der Waals surface area contributed by atoms with Gasteiger partial charge in [0.25, 0.3) is 5.91 Å². The quantitative estimate of drug-likeness (QED) is 0.422. The summed E-state index contributed by atoms with van der Waals surface area (Å²) < 4.78 is 0. The minimum atomic E-state index is -0.702. The second kappa shape index (κ2) is 9.13. The Kier molecular flexibility index (Phi) is 6.37. The number of carbonyl (C=O) groups excluding carboxylic acids is 2. The van der Waals surface area contributed by atoms with Crippen LogP contribution in [0.3, 0.4) is 0 Å². The van der Waals surface area contributed by atoms with Gasteiger partial charge in [-0.25, -0.2) is 0 Å². The molecule has 3 rings (SSSR count). The highest BCUT2D eigenvalue weighted by atomic mass is 32.2. The molecule has 0 fully saturated rings. The van der Waals surface area contributed by atoms with E-state index in [2.05, 4.69) is 31.5 Å². The maximum Gasteiger partial charge on any atom is 0.265 e. The van der Waals surface area contributed by atoms with Gasteiger partial charge in [0.1, 0.15) is 11.9 Å². The van der Waals surface area contributed by atoms with E-state index in [1.807, 2.05) is 48.7 Å². The summed E-state index contributed by atoms with van der Waals surface area (Å²) in [5.41, 5.74) is 3.87. The molecule has 1 aromatic carbocycles. The van der Waals surface area contributed by atoms with Gasteiger partial charge in [0.15, 0.2) is 6.17 Å². The first-order valence-corrected chi connectivity index (χ1v) is 9.55. The number of H-pyrrole nitrogens is 1. The van der Waals surface area contributed by atoms with Gasteiger partial charge in [-0.05, 0) is 17.7 Å². The van der Waals surface area contributed by atoms with Gasteiger partial charge < -0.3 is 20.9 Å². The number of amidine groups is 1. The summed E-state index contributed by atoms with van der Waals surface area (Å²) in [5.74, 6) is 0.517. The molecule has 1 aliphatic rings. The van der Waals surface area contributed by atoms with E-state index in [-0.39, 0.29) is 11.8 Å². The number of thioether (sulfide) groups is 1. The van der Waals surface area contributed by atoms with E-state index in [0.29, 0.717) is 18.0 Å². The van der Waals surface area contributed by atoms with Gasteiger partial charge in [-0.15, -0.1) is 11.8 Å². The van der Waals surface area contributed by atoms with E-state index in [1.54, 1.807) is 7.05 Å². The Labute approximate surface area is 161 Å². The zero-order chi connectivity index (χ0) is 19.1. The Balaban J connectivity index is 1.52. The Morgan fingerprint density at radius 3 is 2.74 bits per heavy atom. The number of benzene rings is 1. The number of aromatic amines is 1. The molecular weight excluding hydrogens is 364 g/mol. The minimum Gasteiger partial charge on any atom is -0.357 e. The van der Waals surface area contributed by atoms with Gasteiger partial charge in [-0.1, -0.05) is 30.3 Å². The number of amides is 2. The molecule has 0 spiro atoms. The van der Waals surface area contributed by atoms with Crippen molar-refractivity contribution >= 4 is 29.4 Å². The van der Waals surface area contributed by atoms with Gasteiger partial charge in [-0.2, -0.15) is 5.10 Å². The highest BCUT2D eigenvalue weighted by Gasteiger charge is 2.28. The van der Waals surface area contributed by atoms with Gasteiger partial charge in [0, 0.05) is 25.4 Å². The lowest BCUT2D eigenvalue weighted by Gasteiger charge is -2.19. The van der Waals surface area contributed by atoms with Gasteiger partial charge in [0.2, 0.25) is 5.91 Å². The summed E-state index contributed by atoms with van der Waals surface area (Å²) >= 11 is 1.47. The number of likely N-dealkylation sites (N-methyl/N-ethyl adjacent to an activating group) is 1. The molecule has 0 bridgehead atoms.